The monoisotopic (exact) mass is 184 g/mol. The fraction of sp³-hybridized carbons (Fsp3) is 0.667. The van der Waals surface area contributed by atoms with Crippen LogP contribution in [-0.4, -0.2) is 5.16 Å². The van der Waals surface area contributed by atoms with Gasteiger partial charge >= 0.3 is 0 Å². The Morgan fingerprint density at radius 3 is 2.54 bits per heavy atom. The smallest absolute Gasteiger partial charge is 0.283 e. The largest absolute Gasteiger partial charge is 0.382 e. The molecule has 4 nitrogen and oxygen atoms in total. The van der Waals surface area contributed by atoms with Crippen LogP contribution in [0.2, 0.25) is 0 Å². The van der Waals surface area contributed by atoms with Crippen LogP contribution in [0.25, 0.3) is 0 Å². The number of nitrogens with two attached hydrogens (primary N) is 1. The highest BCUT2D eigenvalue weighted by molar-refractivity contribution is 5.14. The molecule has 0 amide bonds. The molecule has 0 aromatic carbocycles. The molecule has 0 saturated carbocycles. The summed E-state index contributed by atoms with van der Waals surface area (Å²) >= 11 is 0. The first kappa shape index (κ1) is 10.1. The van der Waals surface area contributed by atoms with Gasteiger partial charge in [0, 0.05) is 0 Å². The van der Waals surface area contributed by atoms with Gasteiger partial charge in [0.15, 0.2) is 5.76 Å². The maximum atomic E-state index is 11.0. The summed E-state index contributed by atoms with van der Waals surface area (Å²) in [7, 11) is 0. The molecule has 0 bridgehead atoms. The topological polar surface area (TPSA) is 72.0 Å². The fourth-order valence-corrected chi connectivity index (χ4v) is 1.34. The molecule has 0 spiro atoms. The highest BCUT2D eigenvalue weighted by atomic mass is 16.5. The molecule has 1 aromatic rings. The zero-order chi connectivity index (χ0) is 10.0. The Kier molecular flexibility index (Phi) is 2.93. The highest BCUT2D eigenvalue weighted by Crippen LogP contribution is 2.19. The first-order valence-corrected chi connectivity index (χ1v) is 4.46. The van der Waals surface area contributed by atoms with Crippen LogP contribution in [0.1, 0.15) is 37.6 Å². The Bertz CT molecular complexity index is 325. The van der Waals surface area contributed by atoms with Gasteiger partial charge in [0.25, 0.3) is 5.56 Å². The molecule has 0 unspecified atom stereocenters. The van der Waals surface area contributed by atoms with Crippen molar-refractivity contribution in [1.82, 2.24) is 5.16 Å². The van der Waals surface area contributed by atoms with Crippen molar-refractivity contribution in [1.29, 1.82) is 0 Å². The number of aromatic nitrogens is 1. The maximum absolute atomic E-state index is 11.0. The molecule has 3 N–H and O–H groups in total. The number of hydrogen-bond donors (Lipinski definition) is 2. The zero-order valence-electron chi connectivity index (χ0n) is 8.26. The Morgan fingerprint density at radius 2 is 2.15 bits per heavy atom. The standard InChI is InChI=1S/C9H16N2O2/c1-5(2)4-7(10)8-6(3)9(12)11-13-8/h5,7H,4,10H2,1-3H3,(H,11,12)/t7-/m0/s1. The van der Waals surface area contributed by atoms with Gasteiger partial charge in [-0.2, -0.15) is 5.16 Å². The lowest BCUT2D eigenvalue weighted by Crippen LogP contribution is -2.14. The molecule has 0 aliphatic heterocycles. The van der Waals surface area contributed by atoms with E-state index in [1.54, 1.807) is 6.92 Å². The van der Waals surface area contributed by atoms with E-state index >= 15 is 0 Å². The van der Waals surface area contributed by atoms with Crippen LogP contribution in [-0.2, 0) is 0 Å². The molecule has 4 heteroatoms. The van der Waals surface area contributed by atoms with Crippen molar-refractivity contribution in [2.24, 2.45) is 11.7 Å². The van der Waals surface area contributed by atoms with Gasteiger partial charge in [-0.05, 0) is 19.3 Å². The maximum Gasteiger partial charge on any atom is 0.283 e. The van der Waals surface area contributed by atoms with Crippen molar-refractivity contribution in [3.05, 3.63) is 21.7 Å². The van der Waals surface area contributed by atoms with E-state index in [1.807, 2.05) is 0 Å². The van der Waals surface area contributed by atoms with Gasteiger partial charge in [0.1, 0.15) is 0 Å². The summed E-state index contributed by atoms with van der Waals surface area (Å²) in [6.07, 6.45) is 0.821. The van der Waals surface area contributed by atoms with Gasteiger partial charge in [0.2, 0.25) is 0 Å². The Balaban J connectivity index is 2.83. The van der Waals surface area contributed by atoms with Gasteiger partial charge in [-0.3, -0.25) is 4.79 Å². The van der Waals surface area contributed by atoms with Gasteiger partial charge < -0.3 is 10.3 Å². The van der Waals surface area contributed by atoms with E-state index in [-0.39, 0.29) is 11.6 Å². The number of nitrogens with one attached hydrogen (secondary N) is 1. The van der Waals surface area contributed by atoms with E-state index in [0.29, 0.717) is 17.2 Å². The second-order valence-corrected chi connectivity index (χ2v) is 3.76. The molecule has 0 aliphatic rings. The SMILES string of the molecule is Cc1c([C@@H](N)CC(C)C)o[nH]c1=O. The van der Waals surface area contributed by atoms with Crippen molar-refractivity contribution < 1.29 is 4.52 Å². The zero-order valence-corrected chi connectivity index (χ0v) is 8.26. The summed E-state index contributed by atoms with van der Waals surface area (Å²) in [5, 5.41) is 2.28. The Labute approximate surface area is 77.1 Å². The van der Waals surface area contributed by atoms with Gasteiger partial charge in [-0.25, -0.2) is 0 Å². The lowest BCUT2D eigenvalue weighted by atomic mass is 10.0. The normalized spacial score (nSPS) is 13.6. The average Bonchev–Trinajstić information content (AvgIpc) is 2.31. The van der Waals surface area contributed by atoms with E-state index in [4.69, 9.17) is 10.3 Å². The van der Waals surface area contributed by atoms with Crippen LogP contribution in [0.15, 0.2) is 9.32 Å². The van der Waals surface area contributed by atoms with Gasteiger partial charge in [-0.15, -0.1) is 0 Å². The summed E-state index contributed by atoms with van der Waals surface area (Å²) in [6.45, 7) is 5.89. The van der Waals surface area contributed by atoms with E-state index in [1.165, 1.54) is 0 Å². The lowest BCUT2D eigenvalue weighted by molar-refractivity contribution is 0.338. The Hall–Kier alpha value is -1.03. The molecule has 1 rings (SSSR count). The van der Waals surface area contributed by atoms with E-state index < -0.39 is 0 Å². The van der Waals surface area contributed by atoms with Crippen LogP contribution in [0.3, 0.4) is 0 Å². The molecular formula is C9H16N2O2. The predicted octanol–water partition coefficient (Wildman–Crippen LogP) is 1.32. The molecule has 0 aliphatic carbocycles. The summed E-state index contributed by atoms with van der Waals surface area (Å²) in [5.41, 5.74) is 6.26. The van der Waals surface area contributed by atoms with Crippen LogP contribution in [0.5, 0.6) is 0 Å². The van der Waals surface area contributed by atoms with Crippen molar-refractivity contribution >= 4 is 0 Å². The molecule has 0 saturated heterocycles. The minimum absolute atomic E-state index is 0.182. The van der Waals surface area contributed by atoms with Crippen molar-refractivity contribution in [3.63, 3.8) is 0 Å². The van der Waals surface area contributed by atoms with E-state index in [2.05, 4.69) is 19.0 Å². The third kappa shape index (κ3) is 2.21. The molecule has 0 fully saturated rings. The van der Waals surface area contributed by atoms with Crippen molar-refractivity contribution in [2.75, 3.05) is 0 Å². The molecule has 13 heavy (non-hydrogen) atoms. The molecule has 1 aromatic heterocycles. The minimum atomic E-state index is -0.186. The third-order valence-electron chi connectivity index (χ3n) is 2.03. The summed E-state index contributed by atoms with van der Waals surface area (Å²) < 4.78 is 5.00. The number of rotatable bonds is 3. The number of H-pyrrole nitrogens is 1. The third-order valence-corrected chi connectivity index (χ3v) is 2.03. The predicted molar refractivity (Wildman–Crippen MR) is 50.4 cm³/mol. The number of aromatic amines is 1. The van der Waals surface area contributed by atoms with Crippen LogP contribution < -0.4 is 11.3 Å². The fourth-order valence-electron chi connectivity index (χ4n) is 1.34. The molecule has 1 atom stereocenters. The summed E-state index contributed by atoms with van der Waals surface area (Å²) in [6, 6.07) is -0.182. The summed E-state index contributed by atoms with van der Waals surface area (Å²) in [4.78, 5) is 11.0. The molecule has 1 heterocycles. The summed E-state index contributed by atoms with van der Waals surface area (Å²) in [5.74, 6) is 1.08. The average molecular weight is 184 g/mol. The van der Waals surface area contributed by atoms with Gasteiger partial charge in [-0.1, -0.05) is 13.8 Å². The molecule has 74 valence electrons. The van der Waals surface area contributed by atoms with Crippen LogP contribution in [0, 0.1) is 12.8 Å². The number of hydrogen-bond acceptors (Lipinski definition) is 3. The second-order valence-electron chi connectivity index (χ2n) is 3.76. The van der Waals surface area contributed by atoms with Crippen molar-refractivity contribution in [2.45, 2.75) is 33.2 Å². The second kappa shape index (κ2) is 3.79. The lowest BCUT2D eigenvalue weighted by Gasteiger charge is -2.10. The van der Waals surface area contributed by atoms with Crippen LogP contribution in [0.4, 0.5) is 0 Å². The molecule has 0 radical (unpaired) electrons. The quantitative estimate of drug-likeness (QED) is 0.744. The van der Waals surface area contributed by atoms with Crippen molar-refractivity contribution in [3.8, 4) is 0 Å². The Morgan fingerprint density at radius 1 is 1.54 bits per heavy atom. The van der Waals surface area contributed by atoms with E-state index in [9.17, 15) is 4.79 Å². The molecular weight excluding hydrogens is 168 g/mol. The highest BCUT2D eigenvalue weighted by Gasteiger charge is 2.16. The van der Waals surface area contributed by atoms with Crippen LogP contribution >= 0.6 is 0 Å². The first-order chi connectivity index (χ1) is 6.02. The van der Waals surface area contributed by atoms with E-state index in [0.717, 1.165) is 6.42 Å². The van der Waals surface area contributed by atoms with Gasteiger partial charge in [0.05, 0.1) is 11.6 Å². The first-order valence-electron chi connectivity index (χ1n) is 4.46. The minimum Gasteiger partial charge on any atom is -0.382 e.